The van der Waals surface area contributed by atoms with E-state index >= 15 is 0 Å². The topological polar surface area (TPSA) is 155 Å². The van der Waals surface area contributed by atoms with E-state index in [0.717, 1.165) is 101 Å². The number of fused-ring (bicyclic) bond motifs is 9. The minimum Gasteiger partial charge on any atom is -0.486 e. The van der Waals surface area contributed by atoms with Gasteiger partial charge in [0.15, 0.2) is 0 Å². The molecule has 0 bridgehead atoms. The number of furan rings is 3. The van der Waals surface area contributed by atoms with Crippen molar-refractivity contribution in [2.24, 2.45) is 0 Å². The first-order chi connectivity index (χ1) is 65.4. The van der Waals surface area contributed by atoms with E-state index in [1.165, 1.54) is 13.0 Å². The summed E-state index contributed by atoms with van der Waals surface area (Å²) in [6, 6.07) is 83.9. The summed E-state index contributed by atoms with van der Waals surface area (Å²) in [6.07, 6.45) is 9.95. The monoisotopic (exact) mass is 2060 g/mol. The summed E-state index contributed by atoms with van der Waals surface area (Å²) in [4.78, 5) is 38.4. The molecule has 3 unspecified atom stereocenters. The van der Waals surface area contributed by atoms with Crippen LogP contribution in [0.2, 0.25) is 0 Å². The minimum absolute atomic E-state index is 0. The Balaban J connectivity index is 0.000000186. The largest absolute Gasteiger partial charge is 0.486 e. The van der Waals surface area contributed by atoms with Crippen LogP contribution in [0.3, 0.4) is 0 Å². The van der Waals surface area contributed by atoms with E-state index in [4.69, 9.17) is 53.0 Å². The third-order valence-electron chi connectivity index (χ3n) is 17.3. The van der Waals surface area contributed by atoms with Crippen LogP contribution in [0.25, 0.3) is 134 Å². The molecule has 6 aromatic carbocycles. The second-order valence-electron chi connectivity index (χ2n) is 25.0. The van der Waals surface area contributed by atoms with Gasteiger partial charge in [-0.25, -0.2) is 15.0 Å². The number of aryl methyl sites for hydroxylation is 3. The van der Waals surface area contributed by atoms with E-state index < -0.39 is 107 Å². The first-order valence-corrected chi connectivity index (χ1v) is 34.7. The standard InChI is InChI=1S/C23H23N2O.C22H21N2O.C21H19N2O.3C11H8N.3Ir/c1-13(2)19-11-21(24-12-20(19)14(3)4)18-8-6-7-16-17-10-9-15(5)25-23(17)26-22(16)18;1-13(2)18-11-20(24-12-19(18)14(3)4)17-8-5-7-15-16-9-6-10-23-22(16)25-21(15)17;1-12(2)18-10-19(22-11-13(18)3)17-7-5-6-15-16-9-8-14(4)23-21(16)24-20(15)17;3*1-2-6-10(7-3-1)11-8-4-5-9-12-11;;;/h6-7,9-14H,1-5H3;5-7,9-14H,1-4H3;5-6,8-12H,1-4H3;3*1-6,8-9H;;;/q6*-1;;;/i2*1D3,2D3,3D3,13D,14D;1D3,3D3,12D;;;;;;. The Labute approximate surface area is 749 Å². The summed E-state index contributed by atoms with van der Waals surface area (Å²) in [7, 11) is 0. The molecule has 0 spiro atoms. The Kier molecular flexibility index (Phi) is 19.0. The summed E-state index contributed by atoms with van der Waals surface area (Å²) < 4.78 is 250. The fraction of sp³-hybridized carbons (Fsp3) is 0.182. The van der Waals surface area contributed by atoms with Crippen molar-refractivity contribution >= 4 is 66.2 Å². The van der Waals surface area contributed by atoms with Crippen LogP contribution in [0.1, 0.15) is 183 Å². The van der Waals surface area contributed by atoms with Gasteiger partial charge in [0, 0.05) is 171 Å². The molecule has 0 amide bonds. The van der Waals surface area contributed by atoms with Crippen molar-refractivity contribution in [1.29, 1.82) is 0 Å². The molecule has 18 aromatic rings. The molecule has 0 aliphatic carbocycles. The molecule has 0 aliphatic heterocycles. The molecule has 12 heterocycles. The normalized spacial score (nSPS) is 17.2. The van der Waals surface area contributed by atoms with Crippen molar-refractivity contribution in [2.45, 2.75) is 119 Å². The van der Waals surface area contributed by atoms with Gasteiger partial charge in [-0.3, -0.25) is 0 Å². The second kappa shape index (κ2) is 40.2. The molecule has 3 atom stereocenters. The summed E-state index contributed by atoms with van der Waals surface area (Å²) in [5.41, 5.74) is 8.20. The zero-order chi connectivity index (χ0) is 102. The number of pyridine rings is 9. The second-order valence-corrected chi connectivity index (χ2v) is 25.0. The summed E-state index contributed by atoms with van der Waals surface area (Å²) in [5, 5.41) is 4.29. The molecular weight excluding hydrogens is 1940 g/mol. The Bertz CT molecular complexity index is 7100. The number of hydrogen-bond donors (Lipinski definition) is 0. The maximum absolute atomic E-state index is 8.76. The molecule has 0 N–H and O–H groups in total. The Morgan fingerprint density at radius 3 is 1.04 bits per heavy atom. The van der Waals surface area contributed by atoms with Gasteiger partial charge in [0.25, 0.3) is 0 Å². The number of rotatable bonds is 11. The van der Waals surface area contributed by atoms with E-state index in [9.17, 15) is 0 Å². The maximum Gasteiger partial charge on any atom is 0.216 e. The smallest absolute Gasteiger partial charge is 0.216 e. The first kappa shape index (κ1) is 53.9. The Hall–Kier alpha value is -11.0. The van der Waals surface area contributed by atoms with E-state index in [1.54, 1.807) is 74.2 Å². The average Bonchev–Trinajstić information content (AvgIpc) is 0.984. The van der Waals surface area contributed by atoms with Gasteiger partial charge in [-0.15, -0.1) is 162 Å². The van der Waals surface area contributed by atoms with Gasteiger partial charge < -0.3 is 43.2 Å². The third kappa shape index (κ3) is 20.3. The molecule has 15 heteroatoms. The Morgan fingerprint density at radius 1 is 0.307 bits per heavy atom. The van der Waals surface area contributed by atoms with Gasteiger partial charge in [0.1, 0.15) is 0 Å². The summed E-state index contributed by atoms with van der Waals surface area (Å²) in [6.45, 7) is -18.1. The molecular formula is C99H87Ir3N9O3-6. The summed E-state index contributed by atoms with van der Waals surface area (Å²) in [5.74, 6) is -13.6. The van der Waals surface area contributed by atoms with Crippen LogP contribution in [0.15, 0.2) is 275 Å². The van der Waals surface area contributed by atoms with E-state index in [1.807, 2.05) is 165 Å². The maximum atomic E-state index is 8.76. The molecule has 12 nitrogen and oxygen atoms in total. The third-order valence-corrected chi connectivity index (χ3v) is 17.3. The van der Waals surface area contributed by atoms with Gasteiger partial charge in [0.2, 0.25) is 17.1 Å². The van der Waals surface area contributed by atoms with E-state index in [0.29, 0.717) is 61.0 Å². The first-order valence-electron chi connectivity index (χ1n) is 49.2. The average molecular weight is 2060 g/mol. The van der Waals surface area contributed by atoms with E-state index in [2.05, 4.69) is 81.3 Å². The van der Waals surface area contributed by atoms with Crippen LogP contribution in [0.4, 0.5) is 0 Å². The van der Waals surface area contributed by atoms with Crippen LogP contribution in [-0.4, -0.2) is 44.9 Å². The van der Waals surface area contributed by atoms with Gasteiger partial charge in [-0.1, -0.05) is 156 Å². The minimum atomic E-state index is -3.41. The number of nitrogens with zero attached hydrogens (tertiary/aromatic N) is 9. The molecule has 12 aromatic heterocycles. The zero-order valence-corrected chi connectivity index (χ0v) is 68.8. The van der Waals surface area contributed by atoms with Crippen molar-refractivity contribution in [1.82, 2.24) is 44.9 Å². The van der Waals surface area contributed by atoms with Gasteiger partial charge >= 0.3 is 0 Å². The van der Waals surface area contributed by atoms with Crippen LogP contribution < -0.4 is 0 Å². The molecule has 114 heavy (non-hydrogen) atoms. The fourth-order valence-electron chi connectivity index (χ4n) is 11.9. The van der Waals surface area contributed by atoms with Crippen molar-refractivity contribution in [3.05, 3.63) is 343 Å². The zero-order valence-electron chi connectivity index (χ0n) is 90.6. The van der Waals surface area contributed by atoms with Crippen molar-refractivity contribution in [3.63, 3.8) is 0 Å². The van der Waals surface area contributed by atoms with Gasteiger partial charge in [-0.05, 0) is 172 Å². The van der Waals surface area contributed by atoms with Crippen molar-refractivity contribution in [3.8, 4) is 67.5 Å². The van der Waals surface area contributed by atoms with Gasteiger partial charge in [0.05, 0.1) is 16.7 Å². The molecule has 18 rings (SSSR count). The molecule has 0 saturated carbocycles. The van der Waals surface area contributed by atoms with Crippen molar-refractivity contribution in [2.75, 3.05) is 0 Å². The number of aromatic nitrogens is 9. The fourth-order valence-corrected chi connectivity index (χ4v) is 11.9. The predicted molar refractivity (Wildman–Crippen MR) is 451 cm³/mol. The number of benzene rings is 6. The predicted octanol–water partition coefficient (Wildman–Crippen LogP) is 25.7. The van der Waals surface area contributed by atoms with Crippen LogP contribution >= 0.6 is 0 Å². The van der Waals surface area contributed by atoms with Crippen LogP contribution in [0, 0.1) is 57.1 Å². The van der Waals surface area contributed by atoms with Gasteiger partial charge in [-0.2, -0.15) is 0 Å². The SMILES string of the molecule is [2H]C([2H])([2H])C([2H])(C)c1cnc(-c2[c-]ccc3c2oc2nc(C)ccc23)cc1C([2H])(C([2H])([2H])[2H])C([2H])([2H])[2H].[2H]C([2H])([2H])C([2H])(C)c1cnc(-c2[c-]ccc3c2oc2ncccc23)cc1C([2H])(C([2H])([2H])[2H])C([2H])([2H])[2H].[2H]C([2H])([2H])c1cnc(-c2[c-]ccc3c2oc2nc(C)ccc23)cc1C([2H])(C)C([2H])([2H])[2H].[Ir].[Ir].[Ir].[c-]1ccccc1-c1ccccn1.[c-]1ccccc1-c1ccccn1.[c-]1ccccc1-c1ccccn1. The summed E-state index contributed by atoms with van der Waals surface area (Å²) >= 11 is 0. The van der Waals surface area contributed by atoms with Crippen molar-refractivity contribution < 1.29 is 113 Å². The quantitative estimate of drug-likeness (QED) is 0.113. The molecule has 0 fully saturated rings. The van der Waals surface area contributed by atoms with E-state index in [-0.39, 0.29) is 99.7 Å². The van der Waals surface area contributed by atoms with Crippen LogP contribution in [-0.2, 0) is 60.3 Å². The number of hydrogen-bond acceptors (Lipinski definition) is 12. The Morgan fingerprint density at radius 2 is 0.667 bits per heavy atom. The molecule has 0 saturated heterocycles. The molecule has 0 aliphatic rings. The van der Waals surface area contributed by atoms with Crippen LogP contribution in [0.5, 0.6) is 0 Å². The molecule has 3 radical (unpaired) electrons. The molecule has 579 valence electrons.